The number of pyridine rings is 1. The van der Waals surface area contributed by atoms with Crippen molar-refractivity contribution < 1.29 is 13.2 Å². The number of carbonyl (C=O) groups excluding carboxylic acids is 1. The first-order valence-corrected chi connectivity index (χ1v) is 17.0. The Balaban J connectivity index is 1.40. The number of benzene rings is 3. The Hall–Kier alpha value is -5.00. The molecule has 0 unspecified atom stereocenters. The summed E-state index contributed by atoms with van der Waals surface area (Å²) in [7, 11) is -1.90. The van der Waals surface area contributed by atoms with Crippen LogP contribution in [0.4, 0.5) is 0 Å². The number of hydrogen-bond donors (Lipinski definition) is 2. The van der Waals surface area contributed by atoms with Crippen molar-refractivity contribution in [2.45, 2.75) is 44.6 Å². The zero-order valence-corrected chi connectivity index (χ0v) is 27.6. The van der Waals surface area contributed by atoms with E-state index in [9.17, 15) is 18.0 Å². The molecular weight excluding hydrogens is 613 g/mol. The van der Waals surface area contributed by atoms with Crippen LogP contribution in [0.2, 0.25) is 0 Å². The number of H-pyrrole nitrogens is 1. The molecular formula is C36H36N6O4S. The Morgan fingerprint density at radius 3 is 2.34 bits per heavy atom. The third kappa shape index (κ3) is 5.15. The van der Waals surface area contributed by atoms with Gasteiger partial charge >= 0.3 is 5.69 Å². The van der Waals surface area contributed by atoms with Crippen molar-refractivity contribution in [1.82, 2.24) is 23.4 Å². The Morgan fingerprint density at radius 1 is 0.915 bits per heavy atom. The quantitative estimate of drug-likeness (QED) is 0.243. The summed E-state index contributed by atoms with van der Waals surface area (Å²) in [4.78, 5) is 35.4. The number of rotatable bonds is 6. The first-order chi connectivity index (χ1) is 22.4. The molecule has 0 spiro atoms. The normalized spacial score (nSPS) is 14.7. The summed E-state index contributed by atoms with van der Waals surface area (Å²) in [6.07, 6.45) is 5.09. The van der Waals surface area contributed by atoms with Crippen LogP contribution in [0.25, 0.3) is 44.3 Å². The monoisotopic (exact) mass is 648 g/mol. The number of likely N-dealkylation sites (tertiary alicyclic amines) is 1. The van der Waals surface area contributed by atoms with Crippen LogP contribution in [0, 0.1) is 20.8 Å². The molecule has 1 saturated heterocycles. The summed E-state index contributed by atoms with van der Waals surface area (Å²) in [5, 5.41) is 0.630. The third-order valence-electron chi connectivity index (χ3n) is 9.64. The van der Waals surface area contributed by atoms with Crippen LogP contribution in [-0.2, 0) is 10.0 Å². The average Bonchev–Trinajstić information content (AvgIpc) is 3.59. The van der Waals surface area contributed by atoms with E-state index in [4.69, 9.17) is 10.7 Å². The highest BCUT2D eigenvalue weighted by atomic mass is 32.2. The van der Waals surface area contributed by atoms with E-state index in [0.29, 0.717) is 16.5 Å². The molecule has 10 nitrogen and oxygen atoms in total. The second-order valence-corrected chi connectivity index (χ2v) is 14.4. The molecule has 7 rings (SSSR count). The minimum absolute atomic E-state index is 0.119. The van der Waals surface area contributed by atoms with Crippen molar-refractivity contribution in [1.29, 1.82) is 0 Å². The van der Waals surface area contributed by atoms with Crippen molar-refractivity contribution in [2.75, 3.05) is 20.1 Å². The molecule has 1 fully saturated rings. The maximum atomic E-state index is 14.0. The molecule has 1 amide bonds. The number of nitrogens with one attached hydrogen (secondary N) is 1. The van der Waals surface area contributed by atoms with E-state index in [0.717, 1.165) is 70.3 Å². The van der Waals surface area contributed by atoms with Crippen molar-refractivity contribution in [3.8, 4) is 22.3 Å². The molecule has 3 N–H and O–H groups in total. The molecule has 1 aliphatic rings. The number of amides is 1. The highest BCUT2D eigenvalue weighted by Crippen LogP contribution is 2.38. The van der Waals surface area contributed by atoms with E-state index >= 15 is 0 Å². The fourth-order valence-electron chi connectivity index (χ4n) is 6.76. The number of primary amides is 1. The number of aromatic nitrogens is 4. The van der Waals surface area contributed by atoms with E-state index in [-0.39, 0.29) is 22.3 Å². The van der Waals surface area contributed by atoms with Gasteiger partial charge in [0, 0.05) is 40.5 Å². The highest BCUT2D eigenvalue weighted by Gasteiger charge is 2.26. The van der Waals surface area contributed by atoms with E-state index in [2.05, 4.69) is 16.9 Å². The van der Waals surface area contributed by atoms with Gasteiger partial charge in [0.1, 0.15) is 0 Å². The molecule has 0 atom stereocenters. The van der Waals surface area contributed by atoms with Crippen LogP contribution in [0.1, 0.15) is 45.9 Å². The molecule has 3 aromatic heterocycles. The molecule has 11 heteroatoms. The average molecular weight is 649 g/mol. The predicted octanol–water partition coefficient (Wildman–Crippen LogP) is 5.54. The van der Waals surface area contributed by atoms with E-state index in [1.165, 1.54) is 3.97 Å². The number of aromatic amines is 1. The number of aryl methyl sites for hydroxylation is 1. The van der Waals surface area contributed by atoms with Gasteiger partial charge < -0.3 is 15.6 Å². The SMILES string of the molecule is Cc1ccc(S(=O)(=O)n2cc(-c3ccc(C(N)=O)c(C)c3C)c3cc(-c4ccc5c(c4)[nH]c(=O)n5C4CCN(C)CC4)cnc32)cc1. The zero-order chi connectivity index (χ0) is 33.2. The van der Waals surface area contributed by atoms with Gasteiger partial charge in [-0.2, -0.15) is 0 Å². The lowest BCUT2D eigenvalue weighted by Crippen LogP contribution is -2.34. The molecule has 47 heavy (non-hydrogen) atoms. The first-order valence-electron chi connectivity index (χ1n) is 15.6. The van der Waals surface area contributed by atoms with Gasteiger partial charge in [-0.1, -0.05) is 29.8 Å². The summed E-state index contributed by atoms with van der Waals surface area (Å²) < 4.78 is 31.1. The van der Waals surface area contributed by atoms with Crippen LogP contribution in [-0.4, -0.2) is 57.9 Å². The fourth-order valence-corrected chi connectivity index (χ4v) is 8.09. The van der Waals surface area contributed by atoms with Crippen LogP contribution in [0.5, 0.6) is 0 Å². The Morgan fingerprint density at radius 2 is 1.64 bits per heavy atom. The smallest absolute Gasteiger partial charge is 0.326 e. The largest absolute Gasteiger partial charge is 0.366 e. The van der Waals surface area contributed by atoms with Crippen LogP contribution < -0.4 is 11.4 Å². The van der Waals surface area contributed by atoms with Gasteiger partial charge in [-0.15, -0.1) is 0 Å². The molecule has 3 aromatic carbocycles. The minimum Gasteiger partial charge on any atom is -0.366 e. The maximum Gasteiger partial charge on any atom is 0.326 e. The summed E-state index contributed by atoms with van der Waals surface area (Å²) in [5.41, 5.74) is 13.3. The van der Waals surface area contributed by atoms with Gasteiger partial charge in [0.05, 0.1) is 15.9 Å². The van der Waals surface area contributed by atoms with E-state index < -0.39 is 15.9 Å². The van der Waals surface area contributed by atoms with Gasteiger partial charge in [-0.3, -0.25) is 9.36 Å². The van der Waals surface area contributed by atoms with Crippen LogP contribution in [0.15, 0.2) is 82.7 Å². The van der Waals surface area contributed by atoms with Gasteiger partial charge in [-0.05, 0) is 112 Å². The topological polar surface area (TPSA) is 136 Å². The van der Waals surface area contributed by atoms with Gasteiger partial charge in [0.2, 0.25) is 5.91 Å². The number of fused-ring (bicyclic) bond motifs is 2. The Bertz CT molecular complexity index is 2380. The number of nitrogens with two attached hydrogens (primary N) is 1. The van der Waals surface area contributed by atoms with E-state index in [1.807, 2.05) is 49.6 Å². The van der Waals surface area contributed by atoms with Gasteiger partial charge in [-0.25, -0.2) is 22.2 Å². The number of imidazole rings is 1. The van der Waals surface area contributed by atoms with Crippen molar-refractivity contribution in [3.63, 3.8) is 0 Å². The van der Waals surface area contributed by atoms with Gasteiger partial charge in [0.25, 0.3) is 10.0 Å². The number of nitrogens with zero attached hydrogens (tertiary/aromatic N) is 4. The standard InChI is InChI=1S/C36H36N6O4S/c1-21-5-8-27(9-6-21)47(45,46)41-20-31(28-10-11-29(34(37)43)23(3)22(28)2)30-17-25(19-38-35(30)41)24-7-12-33-32(18-24)39-36(44)42(33)26-13-15-40(4)16-14-26/h5-12,17-20,26H,13-16H2,1-4H3,(H2,37,43)(H,39,44). The maximum absolute atomic E-state index is 14.0. The number of piperidine rings is 1. The molecule has 0 bridgehead atoms. The molecule has 0 saturated carbocycles. The number of carbonyl (C=O) groups is 1. The van der Waals surface area contributed by atoms with E-state index in [1.54, 1.807) is 48.8 Å². The molecule has 4 heterocycles. The summed E-state index contributed by atoms with van der Waals surface area (Å²) in [6.45, 7) is 7.52. The lowest BCUT2D eigenvalue weighted by atomic mass is 9.93. The fraction of sp³-hybridized carbons (Fsp3) is 0.250. The summed E-state index contributed by atoms with van der Waals surface area (Å²) in [5.74, 6) is -0.524. The van der Waals surface area contributed by atoms with Crippen LogP contribution >= 0.6 is 0 Å². The molecule has 240 valence electrons. The second-order valence-electron chi connectivity index (χ2n) is 12.6. The summed E-state index contributed by atoms with van der Waals surface area (Å²) >= 11 is 0. The Kier molecular flexibility index (Phi) is 7.40. The third-order valence-corrected chi connectivity index (χ3v) is 11.3. The van der Waals surface area contributed by atoms with Crippen molar-refractivity contribution >= 4 is 38.0 Å². The Labute approximate surface area is 272 Å². The zero-order valence-electron chi connectivity index (χ0n) is 26.7. The molecule has 6 aromatic rings. The molecule has 0 radical (unpaired) electrons. The number of hydrogen-bond acceptors (Lipinski definition) is 6. The molecule has 1 aliphatic heterocycles. The minimum atomic E-state index is -4.00. The highest BCUT2D eigenvalue weighted by molar-refractivity contribution is 7.90. The first kappa shape index (κ1) is 30.6. The second kappa shape index (κ2) is 11.4. The van der Waals surface area contributed by atoms with Crippen molar-refractivity contribution in [2.24, 2.45) is 5.73 Å². The predicted molar refractivity (Wildman–Crippen MR) is 184 cm³/mol. The van der Waals surface area contributed by atoms with Crippen LogP contribution in [0.3, 0.4) is 0 Å². The lowest BCUT2D eigenvalue weighted by molar-refractivity contribution is 0.0999. The lowest BCUT2D eigenvalue weighted by Gasteiger charge is -2.29. The summed E-state index contributed by atoms with van der Waals surface area (Å²) in [6, 6.07) is 18.2. The molecule has 0 aliphatic carbocycles. The van der Waals surface area contributed by atoms with Crippen molar-refractivity contribution in [3.05, 3.63) is 106 Å². The van der Waals surface area contributed by atoms with Gasteiger partial charge in [0.15, 0.2) is 5.65 Å².